The molecular weight excluding hydrogens is 456 g/mol. The van der Waals surface area contributed by atoms with Gasteiger partial charge in [-0.2, -0.15) is 0 Å². The Bertz CT molecular complexity index is 756. The Kier molecular flexibility index (Phi) is 6.05. The van der Waals surface area contributed by atoms with E-state index in [1.165, 1.54) is 21.3 Å². The minimum absolute atomic E-state index is 0.0854. The summed E-state index contributed by atoms with van der Waals surface area (Å²) in [7, 11) is 4.45. The summed E-state index contributed by atoms with van der Waals surface area (Å²) in [6, 6.07) is 1.71. The Morgan fingerprint density at radius 2 is 1.78 bits per heavy atom. The Morgan fingerprint density at radius 1 is 1.13 bits per heavy atom. The smallest absolute Gasteiger partial charge is 0.204 e. The summed E-state index contributed by atoms with van der Waals surface area (Å²) >= 11 is 11.6. The standard InChI is InChI=1S/C15H14Cl2INO4/c1-7-5-8(21-2)12(22-3)13(23-4)9(7)11(20)10-14(16)18-6-19-15(10)17/h5-6H,1-4H3. The van der Waals surface area contributed by atoms with Gasteiger partial charge in [-0.15, -0.1) is 0 Å². The van der Waals surface area contributed by atoms with Crippen LogP contribution in [0.2, 0.25) is 0 Å². The van der Waals surface area contributed by atoms with E-state index in [0.29, 0.717) is 25.7 Å². The molecule has 8 heteroatoms. The summed E-state index contributed by atoms with van der Waals surface area (Å²) in [4.78, 5) is 17.0. The van der Waals surface area contributed by atoms with Gasteiger partial charge in [-0.3, -0.25) is 4.79 Å². The van der Waals surface area contributed by atoms with E-state index in [1.54, 1.807) is 17.1 Å². The van der Waals surface area contributed by atoms with Crippen LogP contribution in [0.15, 0.2) is 19.7 Å². The first-order valence-electron chi connectivity index (χ1n) is 6.39. The molecule has 0 N–H and O–H groups in total. The fraction of sp³-hybridized carbons (Fsp3) is 0.267. The Hall–Kier alpha value is -1.12. The van der Waals surface area contributed by atoms with E-state index in [2.05, 4.69) is 4.99 Å². The number of halogens is 3. The largest absolute Gasteiger partial charge is 0.493 e. The van der Waals surface area contributed by atoms with Gasteiger partial charge < -0.3 is 14.2 Å². The average Bonchev–Trinajstić information content (AvgIpc) is 2.53. The van der Waals surface area contributed by atoms with E-state index in [0.717, 1.165) is 0 Å². The molecule has 0 bridgehead atoms. The van der Waals surface area contributed by atoms with Crippen LogP contribution < -0.4 is 14.2 Å². The van der Waals surface area contributed by atoms with Crippen molar-refractivity contribution in [2.45, 2.75) is 6.92 Å². The van der Waals surface area contributed by atoms with Crippen molar-refractivity contribution in [3.63, 3.8) is 0 Å². The topological polar surface area (TPSA) is 57.1 Å². The van der Waals surface area contributed by atoms with Crippen LogP contribution in [0.4, 0.5) is 0 Å². The van der Waals surface area contributed by atoms with Crippen molar-refractivity contribution >= 4 is 59.0 Å². The van der Waals surface area contributed by atoms with Crippen LogP contribution in [0.5, 0.6) is 17.2 Å². The normalized spacial score (nSPS) is 14.1. The molecule has 1 aromatic carbocycles. The lowest BCUT2D eigenvalue weighted by Crippen LogP contribution is -2.15. The molecule has 5 nitrogen and oxygen atoms in total. The average molecular weight is 470 g/mol. The molecule has 2 rings (SSSR count). The number of ether oxygens (including phenoxy) is 3. The van der Waals surface area contributed by atoms with Crippen molar-refractivity contribution in [1.82, 2.24) is 0 Å². The van der Waals surface area contributed by atoms with Gasteiger partial charge >= 0.3 is 0 Å². The lowest BCUT2D eigenvalue weighted by molar-refractivity contribution is 0.103. The molecule has 0 fully saturated rings. The van der Waals surface area contributed by atoms with Gasteiger partial charge in [0.05, 0.1) is 39.6 Å². The second-order valence-corrected chi connectivity index (χ2v) is 8.06. The van der Waals surface area contributed by atoms with Crippen molar-refractivity contribution in [3.8, 4) is 17.2 Å². The molecule has 0 saturated heterocycles. The Morgan fingerprint density at radius 3 is 2.30 bits per heavy atom. The Labute approximate surface area is 154 Å². The van der Waals surface area contributed by atoms with Gasteiger partial charge in [0.25, 0.3) is 0 Å². The highest BCUT2D eigenvalue weighted by Crippen LogP contribution is 2.43. The van der Waals surface area contributed by atoms with Gasteiger partial charge in [0.1, 0.15) is 5.17 Å². The maximum atomic E-state index is 13.0. The van der Waals surface area contributed by atoms with Gasteiger partial charge in [0.15, 0.2) is 11.5 Å². The second kappa shape index (κ2) is 7.63. The van der Waals surface area contributed by atoms with E-state index in [1.807, 2.05) is 0 Å². The van der Waals surface area contributed by atoms with Crippen LogP contribution >= 0.6 is 43.9 Å². The molecule has 1 aromatic rings. The predicted octanol–water partition coefficient (Wildman–Crippen LogP) is 4.04. The molecule has 0 spiro atoms. The van der Waals surface area contributed by atoms with E-state index in [4.69, 9.17) is 37.4 Å². The number of Topliss-reactive ketones (excluding diaryl/α,β-unsaturated/α-hetero) is 1. The zero-order valence-electron chi connectivity index (χ0n) is 12.9. The number of carbonyl (C=O) groups excluding carboxylic acids is 1. The molecule has 1 heterocycles. The minimum Gasteiger partial charge on any atom is -0.493 e. The third-order valence-electron chi connectivity index (χ3n) is 3.18. The molecule has 23 heavy (non-hydrogen) atoms. The van der Waals surface area contributed by atoms with Crippen LogP contribution in [0.3, 0.4) is 0 Å². The number of benzene rings is 1. The maximum absolute atomic E-state index is 13.0. The third-order valence-corrected chi connectivity index (χ3v) is 5.86. The van der Waals surface area contributed by atoms with E-state index in [-0.39, 0.29) is 22.3 Å². The molecule has 0 amide bonds. The summed E-state index contributed by atoms with van der Waals surface area (Å²) in [6.45, 7) is 1.78. The Balaban J connectivity index is 2.71. The number of aliphatic imine (C=N–C) groups is 1. The summed E-state index contributed by atoms with van der Waals surface area (Å²) in [5, 5.41) is 0.0854. The van der Waals surface area contributed by atoms with Crippen LogP contribution in [0.1, 0.15) is 15.9 Å². The fourth-order valence-electron chi connectivity index (χ4n) is 2.17. The number of carbonyl (C=O) groups is 1. The minimum atomic E-state index is -0.656. The third kappa shape index (κ3) is 3.39. The zero-order chi connectivity index (χ0) is 17.1. The summed E-state index contributed by atoms with van der Waals surface area (Å²) < 4.78 is 18.1. The van der Waals surface area contributed by atoms with Gasteiger partial charge in [-0.1, -0.05) is 43.9 Å². The molecule has 124 valence electrons. The number of methoxy groups -OCH3 is 3. The van der Waals surface area contributed by atoms with Crippen molar-refractivity contribution in [1.29, 1.82) is 0 Å². The van der Waals surface area contributed by atoms with Crippen LogP contribution in [-0.4, -0.2) is 36.4 Å². The summed E-state index contributed by atoms with van der Waals surface area (Å²) in [6.07, 6.45) is 0. The number of aryl methyl sites for hydroxylation is 1. The molecule has 0 radical (unpaired) electrons. The number of allylic oxidation sites excluding steroid dienone is 1. The lowest BCUT2D eigenvalue weighted by atomic mass is 9.98. The van der Waals surface area contributed by atoms with Crippen molar-refractivity contribution in [2.75, 3.05) is 21.3 Å². The first kappa shape index (κ1) is 18.2. The highest BCUT2D eigenvalue weighted by molar-refractivity contribution is 14.2. The summed E-state index contributed by atoms with van der Waals surface area (Å²) in [5.41, 5.74) is 1.22. The van der Waals surface area contributed by atoms with Gasteiger partial charge in [0, 0.05) is 0 Å². The van der Waals surface area contributed by atoms with E-state index < -0.39 is 20.7 Å². The van der Waals surface area contributed by atoms with Crippen LogP contribution in [0, 0.1) is 6.92 Å². The molecule has 1 aliphatic rings. The number of rotatable bonds is 5. The van der Waals surface area contributed by atoms with Gasteiger partial charge in [-0.05, 0) is 18.6 Å². The van der Waals surface area contributed by atoms with Crippen molar-refractivity contribution in [3.05, 3.63) is 25.8 Å². The molecule has 0 unspecified atom stereocenters. The van der Waals surface area contributed by atoms with Gasteiger partial charge in [0.2, 0.25) is 11.5 Å². The van der Waals surface area contributed by atoms with Gasteiger partial charge in [-0.25, -0.2) is 4.99 Å². The summed E-state index contributed by atoms with van der Waals surface area (Å²) in [5.74, 6) is 0.754. The molecule has 0 aliphatic carbocycles. The zero-order valence-corrected chi connectivity index (χ0v) is 16.5. The molecule has 1 aliphatic heterocycles. The van der Waals surface area contributed by atoms with Crippen LogP contribution in [0.25, 0.3) is 0 Å². The maximum Gasteiger partial charge on any atom is 0.204 e. The molecular formula is C15H14Cl2INO4. The monoisotopic (exact) mass is 469 g/mol. The first-order valence-corrected chi connectivity index (χ1v) is 9.47. The highest BCUT2D eigenvalue weighted by Gasteiger charge is 2.29. The quantitative estimate of drug-likeness (QED) is 0.482. The van der Waals surface area contributed by atoms with E-state index >= 15 is 0 Å². The first-order chi connectivity index (χ1) is 11.0. The molecule has 0 saturated carbocycles. The molecule has 0 aromatic heterocycles. The number of ketones is 1. The SMILES string of the molecule is COc1cc(C)c(C(=O)C2=C(Cl)I=CN=C2Cl)c(OC)c1OC. The number of nitrogens with zero attached hydrogens (tertiary/aromatic N) is 1. The second-order valence-electron chi connectivity index (χ2n) is 4.43. The van der Waals surface area contributed by atoms with Crippen molar-refractivity contribution in [2.24, 2.45) is 4.99 Å². The number of hydrogen-bond acceptors (Lipinski definition) is 5. The van der Waals surface area contributed by atoms with Crippen LogP contribution in [-0.2, 0) is 0 Å². The van der Waals surface area contributed by atoms with Crippen molar-refractivity contribution < 1.29 is 19.0 Å². The number of hydrogen-bond donors (Lipinski definition) is 0. The lowest BCUT2D eigenvalue weighted by Gasteiger charge is -2.18. The molecule has 0 atom stereocenters. The predicted molar refractivity (Wildman–Crippen MR) is 101 cm³/mol. The van der Waals surface area contributed by atoms with E-state index in [9.17, 15) is 4.79 Å². The highest BCUT2D eigenvalue weighted by atomic mass is 127. The fourth-order valence-corrected chi connectivity index (χ4v) is 4.67.